The third-order valence-electron chi connectivity index (χ3n) is 4.20. The molecule has 3 rings (SSSR count). The van der Waals surface area contributed by atoms with Crippen LogP contribution in [-0.2, 0) is 12.8 Å². The highest BCUT2D eigenvalue weighted by Gasteiger charge is 2.24. The zero-order chi connectivity index (χ0) is 16.4. The highest BCUT2D eigenvalue weighted by molar-refractivity contribution is 7.16. The largest absolute Gasteiger partial charge is 0.497 e. The Balaban J connectivity index is 1.85. The molecule has 0 radical (unpaired) electrons. The molecule has 5 heteroatoms. The average molecular weight is 326 g/mol. The van der Waals surface area contributed by atoms with E-state index in [4.69, 9.17) is 4.74 Å². The number of benzene rings is 1. The van der Waals surface area contributed by atoms with Crippen LogP contribution in [0.3, 0.4) is 0 Å². The van der Waals surface area contributed by atoms with Crippen molar-refractivity contribution in [1.29, 1.82) is 5.26 Å². The number of thiophene rings is 1. The summed E-state index contributed by atoms with van der Waals surface area (Å²) in [5.41, 5.74) is 2.31. The molecule has 1 aromatic carbocycles. The number of carbonyl (C=O) groups is 1. The van der Waals surface area contributed by atoms with Crippen molar-refractivity contribution in [2.45, 2.75) is 26.2 Å². The number of hydrogen-bond acceptors (Lipinski definition) is 4. The normalized spacial score (nSPS) is 16.3. The Morgan fingerprint density at radius 1 is 1.39 bits per heavy atom. The first-order chi connectivity index (χ1) is 11.1. The van der Waals surface area contributed by atoms with Gasteiger partial charge in [-0.2, -0.15) is 5.26 Å². The molecule has 4 nitrogen and oxygen atoms in total. The summed E-state index contributed by atoms with van der Waals surface area (Å²) in [7, 11) is 1.59. The summed E-state index contributed by atoms with van der Waals surface area (Å²) in [4.78, 5) is 13.6. The second kappa shape index (κ2) is 6.43. The molecule has 2 aromatic rings. The van der Waals surface area contributed by atoms with Gasteiger partial charge in [-0.05, 0) is 55.0 Å². The minimum Gasteiger partial charge on any atom is -0.497 e. The van der Waals surface area contributed by atoms with Gasteiger partial charge in [-0.1, -0.05) is 6.92 Å². The monoisotopic (exact) mass is 326 g/mol. The molecule has 0 unspecified atom stereocenters. The lowest BCUT2D eigenvalue weighted by Crippen LogP contribution is -2.12. The van der Waals surface area contributed by atoms with E-state index in [1.807, 2.05) is 0 Å². The van der Waals surface area contributed by atoms with Crippen LogP contribution in [0.25, 0.3) is 0 Å². The summed E-state index contributed by atoms with van der Waals surface area (Å²) < 4.78 is 5.10. The molecule has 1 aliphatic carbocycles. The van der Waals surface area contributed by atoms with E-state index in [-0.39, 0.29) is 5.91 Å². The molecule has 1 aromatic heterocycles. The van der Waals surface area contributed by atoms with Crippen LogP contribution in [0.1, 0.15) is 39.7 Å². The van der Waals surface area contributed by atoms with E-state index in [9.17, 15) is 10.1 Å². The maximum absolute atomic E-state index is 12.4. The molecule has 1 atom stereocenters. The van der Waals surface area contributed by atoms with Gasteiger partial charge < -0.3 is 10.1 Å². The van der Waals surface area contributed by atoms with Gasteiger partial charge >= 0.3 is 0 Å². The van der Waals surface area contributed by atoms with Crippen molar-refractivity contribution in [2.75, 3.05) is 12.4 Å². The van der Waals surface area contributed by atoms with Crippen LogP contribution in [0.4, 0.5) is 5.00 Å². The Morgan fingerprint density at radius 2 is 2.13 bits per heavy atom. The smallest absolute Gasteiger partial charge is 0.256 e. The molecule has 0 aliphatic heterocycles. The lowest BCUT2D eigenvalue weighted by molar-refractivity contribution is 0.102. The highest BCUT2D eigenvalue weighted by atomic mass is 32.1. The topological polar surface area (TPSA) is 62.1 Å². The van der Waals surface area contributed by atoms with E-state index >= 15 is 0 Å². The molecule has 0 spiro atoms. The number of nitriles is 1. The zero-order valence-corrected chi connectivity index (χ0v) is 14.0. The van der Waals surface area contributed by atoms with Gasteiger partial charge in [0.1, 0.15) is 16.8 Å². The predicted molar refractivity (Wildman–Crippen MR) is 91.2 cm³/mol. The van der Waals surface area contributed by atoms with E-state index in [2.05, 4.69) is 18.3 Å². The van der Waals surface area contributed by atoms with Gasteiger partial charge in [-0.15, -0.1) is 11.3 Å². The van der Waals surface area contributed by atoms with Crippen LogP contribution in [0, 0.1) is 17.2 Å². The van der Waals surface area contributed by atoms with Gasteiger partial charge in [-0.25, -0.2) is 0 Å². The number of methoxy groups -OCH3 is 1. The van der Waals surface area contributed by atoms with E-state index in [1.165, 1.54) is 4.88 Å². The molecule has 23 heavy (non-hydrogen) atoms. The number of carbonyl (C=O) groups excluding carboxylic acids is 1. The molecular weight excluding hydrogens is 308 g/mol. The molecule has 0 fully saturated rings. The molecule has 0 bridgehead atoms. The number of nitrogens with one attached hydrogen (secondary N) is 1. The number of anilines is 1. The van der Waals surface area contributed by atoms with Gasteiger partial charge in [0.05, 0.1) is 12.7 Å². The highest BCUT2D eigenvalue weighted by Crippen LogP contribution is 2.39. The van der Waals surface area contributed by atoms with Crippen LogP contribution >= 0.6 is 11.3 Å². The number of fused-ring (bicyclic) bond motifs is 1. The number of amides is 1. The second-order valence-electron chi connectivity index (χ2n) is 5.85. The Morgan fingerprint density at radius 3 is 2.78 bits per heavy atom. The van der Waals surface area contributed by atoms with Crippen LogP contribution in [0.5, 0.6) is 5.75 Å². The Labute approximate surface area is 139 Å². The summed E-state index contributed by atoms with van der Waals surface area (Å²) >= 11 is 1.54. The number of rotatable bonds is 3. The fourth-order valence-electron chi connectivity index (χ4n) is 2.88. The molecular formula is C18H18N2O2S. The summed E-state index contributed by atoms with van der Waals surface area (Å²) in [5, 5.41) is 13.1. The number of ether oxygens (including phenoxy) is 1. The molecule has 118 valence electrons. The van der Waals surface area contributed by atoms with E-state index < -0.39 is 0 Å². The van der Waals surface area contributed by atoms with Gasteiger partial charge in [0.2, 0.25) is 0 Å². The number of aryl methyl sites for hydroxylation is 1. The zero-order valence-electron chi connectivity index (χ0n) is 13.2. The third kappa shape index (κ3) is 3.08. The molecule has 1 N–H and O–H groups in total. The van der Waals surface area contributed by atoms with Crippen LogP contribution < -0.4 is 10.1 Å². The first-order valence-corrected chi connectivity index (χ1v) is 8.44. The summed E-state index contributed by atoms with van der Waals surface area (Å²) in [6, 6.07) is 9.21. The van der Waals surface area contributed by atoms with Crippen molar-refractivity contribution in [3.05, 3.63) is 45.8 Å². The molecule has 1 heterocycles. The van der Waals surface area contributed by atoms with Crippen LogP contribution in [-0.4, -0.2) is 13.0 Å². The van der Waals surface area contributed by atoms with Crippen molar-refractivity contribution in [3.8, 4) is 11.8 Å². The second-order valence-corrected chi connectivity index (χ2v) is 6.96. The van der Waals surface area contributed by atoms with Gasteiger partial charge in [0.25, 0.3) is 5.91 Å². The van der Waals surface area contributed by atoms with Crippen molar-refractivity contribution in [1.82, 2.24) is 0 Å². The fraction of sp³-hybridized carbons (Fsp3) is 0.333. The minimum absolute atomic E-state index is 0.198. The quantitative estimate of drug-likeness (QED) is 0.927. The Kier molecular flexibility index (Phi) is 4.35. The first kappa shape index (κ1) is 15.6. The Hall–Kier alpha value is -2.32. The first-order valence-electron chi connectivity index (χ1n) is 7.62. The van der Waals surface area contributed by atoms with Gasteiger partial charge in [0, 0.05) is 10.4 Å². The molecule has 0 saturated carbocycles. The molecule has 1 aliphatic rings. The van der Waals surface area contributed by atoms with Gasteiger partial charge in [0.15, 0.2) is 0 Å². The van der Waals surface area contributed by atoms with E-state index in [0.717, 1.165) is 24.8 Å². The number of nitrogens with zero attached hydrogens (tertiary/aromatic N) is 1. The lowest BCUT2D eigenvalue weighted by atomic mass is 9.88. The van der Waals surface area contributed by atoms with Crippen molar-refractivity contribution in [3.63, 3.8) is 0 Å². The maximum Gasteiger partial charge on any atom is 0.256 e. The van der Waals surface area contributed by atoms with Crippen molar-refractivity contribution in [2.24, 2.45) is 5.92 Å². The van der Waals surface area contributed by atoms with Crippen molar-refractivity contribution >= 4 is 22.2 Å². The van der Waals surface area contributed by atoms with E-state index in [0.29, 0.717) is 27.8 Å². The molecule has 0 saturated heterocycles. The number of hydrogen-bond donors (Lipinski definition) is 1. The maximum atomic E-state index is 12.4. The molecule has 1 amide bonds. The third-order valence-corrected chi connectivity index (χ3v) is 5.41. The lowest BCUT2D eigenvalue weighted by Gasteiger charge is -2.17. The SMILES string of the molecule is COc1ccc(C(=O)Nc2sc3c(c2C#N)C[C@@H](C)CC3)cc1. The predicted octanol–water partition coefficient (Wildman–Crippen LogP) is 4.01. The standard InChI is InChI=1S/C18H18N2O2S/c1-11-3-8-16-14(9-11)15(10-19)18(23-16)20-17(21)12-4-6-13(22-2)7-5-12/h4-7,11H,3,8-9H2,1-2H3,(H,20,21)/t11-/m0/s1. The van der Waals surface area contributed by atoms with E-state index in [1.54, 1.807) is 42.7 Å². The van der Waals surface area contributed by atoms with Crippen LogP contribution in [0.15, 0.2) is 24.3 Å². The van der Waals surface area contributed by atoms with Crippen LogP contribution in [0.2, 0.25) is 0 Å². The van der Waals surface area contributed by atoms with Gasteiger partial charge in [-0.3, -0.25) is 4.79 Å². The summed E-state index contributed by atoms with van der Waals surface area (Å²) in [5.74, 6) is 1.10. The average Bonchev–Trinajstić information content (AvgIpc) is 2.91. The summed E-state index contributed by atoms with van der Waals surface area (Å²) in [6.45, 7) is 2.21. The van der Waals surface area contributed by atoms with Crippen molar-refractivity contribution < 1.29 is 9.53 Å². The minimum atomic E-state index is -0.198. The summed E-state index contributed by atoms with van der Waals surface area (Å²) in [6.07, 6.45) is 3.06. The fourth-order valence-corrected chi connectivity index (χ4v) is 4.07. The Bertz CT molecular complexity index is 772.